The number of hydrogen-bond donors (Lipinski definition) is 2. The molecule has 0 aliphatic carbocycles. The number of ether oxygens (including phenoxy) is 1. The van der Waals surface area contributed by atoms with E-state index in [-0.39, 0.29) is 0 Å². The summed E-state index contributed by atoms with van der Waals surface area (Å²) in [5.74, 6) is -0.412. The van der Waals surface area contributed by atoms with Crippen molar-refractivity contribution >= 4 is 34.6 Å². The fraction of sp³-hybridized carbons (Fsp3) is 0.188. The molecule has 0 fully saturated rings. The third kappa shape index (κ3) is 3.67. The van der Waals surface area contributed by atoms with Crippen molar-refractivity contribution in [3.05, 3.63) is 52.5 Å². The molecule has 0 bridgehead atoms. The molecule has 2 aromatic carbocycles. The van der Waals surface area contributed by atoms with Gasteiger partial charge >= 0.3 is 5.97 Å². The van der Waals surface area contributed by atoms with E-state index >= 15 is 0 Å². The first-order chi connectivity index (χ1) is 10.0. The van der Waals surface area contributed by atoms with Crippen molar-refractivity contribution in [1.82, 2.24) is 0 Å². The minimum atomic E-state index is -0.412. The standard InChI is InChI=1S/C16H17ClN2O2/c1-3-21-16(20)13-8-11(18)5-7-15(13)19-12-6-4-10(2)14(17)9-12/h4-9,19H,3,18H2,1-2H3. The summed E-state index contributed by atoms with van der Waals surface area (Å²) >= 11 is 6.11. The molecule has 0 saturated carbocycles. The number of nitrogen functional groups attached to an aromatic ring is 1. The lowest BCUT2D eigenvalue weighted by Gasteiger charge is -2.13. The van der Waals surface area contributed by atoms with E-state index in [0.717, 1.165) is 11.3 Å². The van der Waals surface area contributed by atoms with Gasteiger partial charge in [0.05, 0.1) is 17.9 Å². The predicted molar refractivity (Wildman–Crippen MR) is 86.3 cm³/mol. The van der Waals surface area contributed by atoms with Crippen LogP contribution < -0.4 is 11.1 Å². The van der Waals surface area contributed by atoms with E-state index in [0.29, 0.717) is 28.6 Å². The molecule has 0 heterocycles. The average molecular weight is 305 g/mol. The Labute approximate surface area is 128 Å². The topological polar surface area (TPSA) is 64.3 Å². The first-order valence-corrected chi connectivity index (χ1v) is 6.99. The van der Waals surface area contributed by atoms with Crippen molar-refractivity contribution in [1.29, 1.82) is 0 Å². The maximum atomic E-state index is 12.0. The van der Waals surface area contributed by atoms with E-state index in [1.807, 2.05) is 25.1 Å². The summed E-state index contributed by atoms with van der Waals surface area (Å²) in [7, 11) is 0. The smallest absolute Gasteiger partial charge is 0.340 e. The summed E-state index contributed by atoms with van der Waals surface area (Å²) in [5.41, 5.74) is 9.05. The highest BCUT2D eigenvalue weighted by atomic mass is 35.5. The number of rotatable bonds is 4. The summed E-state index contributed by atoms with van der Waals surface area (Å²) in [6.45, 7) is 4.00. The summed E-state index contributed by atoms with van der Waals surface area (Å²) in [6.07, 6.45) is 0. The third-order valence-corrected chi connectivity index (χ3v) is 3.40. The Morgan fingerprint density at radius 1 is 1.29 bits per heavy atom. The molecule has 3 N–H and O–H groups in total. The van der Waals surface area contributed by atoms with Crippen LogP contribution in [0.2, 0.25) is 5.02 Å². The lowest BCUT2D eigenvalue weighted by atomic mass is 10.1. The van der Waals surface area contributed by atoms with E-state index in [1.54, 1.807) is 25.1 Å². The summed E-state index contributed by atoms with van der Waals surface area (Å²) < 4.78 is 5.04. The van der Waals surface area contributed by atoms with Crippen LogP contribution in [0.25, 0.3) is 0 Å². The highest BCUT2D eigenvalue weighted by Gasteiger charge is 2.13. The van der Waals surface area contributed by atoms with Crippen molar-refractivity contribution in [2.24, 2.45) is 0 Å². The molecule has 21 heavy (non-hydrogen) atoms. The Morgan fingerprint density at radius 2 is 2.05 bits per heavy atom. The molecule has 4 nitrogen and oxygen atoms in total. The first kappa shape index (κ1) is 15.2. The quantitative estimate of drug-likeness (QED) is 0.658. The minimum absolute atomic E-state index is 0.309. The van der Waals surface area contributed by atoms with Crippen molar-refractivity contribution < 1.29 is 9.53 Å². The zero-order valence-corrected chi connectivity index (χ0v) is 12.7. The van der Waals surface area contributed by atoms with Crippen LogP contribution in [0.3, 0.4) is 0 Å². The number of halogens is 1. The Morgan fingerprint density at radius 3 is 2.71 bits per heavy atom. The van der Waals surface area contributed by atoms with Gasteiger partial charge in [-0.15, -0.1) is 0 Å². The van der Waals surface area contributed by atoms with E-state index in [2.05, 4.69) is 5.32 Å². The molecule has 0 spiro atoms. The van der Waals surface area contributed by atoms with Gasteiger partial charge in [-0.25, -0.2) is 4.79 Å². The van der Waals surface area contributed by atoms with Crippen molar-refractivity contribution in [3.8, 4) is 0 Å². The lowest BCUT2D eigenvalue weighted by Crippen LogP contribution is -2.08. The van der Waals surface area contributed by atoms with Gasteiger partial charge in [0.1, 0.15) is 0 Å². The Balaban J connectivity index is 2.34. The molecule has 0 radical (unpaired) electrons. The van der Waals surface area contributed by atoms with Crippen molar-refractivity contribution in [3.63, 3.8) is 0 Å². The average Bonchev–Trinajstić information content (AvgIpc) is 2.45. The highest BCUT2D eigenvalue weighted by molar-refractivity contribution is 6.31. The number of carbonyl (C=O) groups excluding carboxylic acids is 1. The molecular weight excluding hydrogens is 288 g/mol. The zero-order valence-electron chi connectivity index (χ0n) is 11.9. The largest absolute Gasteiger partial charge is 0.462 e. The molecule has 0 atom stereocenters. The Hall–Kier alpha value is -2.20. The molecule has 0 saturated heterocycles. The van der Waals surface area contributed by atoms with E-state index < -0.39 is 5.97 Å². The second-order valence-electron chi connectivity index (χ2n) is 4.61. The fourth-order valence-corrected chi connectivity index (χ4v) is 2.06. The maximum absolute atomic E-state index is 12.0. The first-order valence-electron chi connectivity index (χ1n) is 6.61. The second kappa shape index (κ2) is 6.50. The van der Waals surface area contributed by atoms with Crippen LogP contribution in [0.15, 0.2) is 36.4 Å². The number of benzene rings is 2. The van der Waals surface area contributed by atoms with Gasteiger partial charge in [-0.05, 0) is 49.7 Å². The summed E-state index contributed by atoms with van der Waals surface area (Å²) in [5, 5.41) is 3.83. The summed E-state index contributed by atoms with van der Waals surface area (Å²) in [4.78, 5) is 12.0. The number of carbonyl (C=O) groups is 1. The van der Waals surface area contributed by atoms with E-state index in [4.69, 9.17) is 22.1 Å². The molecule has 2 aromatic rings. The molecule has 0 aliphatic rings. The highest BCUT2D eigenvalue weighted by Crippen LogP contribution is 2.27. The molecule has 0 aliphatic heterocycles. The van der Waals surface area contributed by atoms with Crippen LogP contribution in [0.4, 0.5) is 17.1 Å². The van der Waals surface area contributed by atoms with Crippen LogP contribution in [-0.4, -0.2) is 12.6 Å². The number of nitrogens with two attached hydrogens (primary N) is 1. The monoisotopic (exact) mass is 304 g/mol. The number of esters is 1. The van der Waals surface area contributed by atoms with Gasteiger partial charge in [-0.1, -0.05) is 17.7 Å². The fourth-order valence-electron chi connectivity index (χ4n) is 1.87. The normalized spacial score (nSPS) is 10.2. The summed E-state index contributed by atoms with van der Waals surface area (Å²) in [6, 6.07) is 10.7. The molecule has 5 heteroatoms. The van der Waals surface area contributed by atoms with Crippen LogP contribution >= 0.6 is 11.6 Å². The van der Waals surface area contributed by atoms with Gasteiger partial charge in [0.2, 0.25) is 0 Å². The molecule has 0 amide bonds. The SMILES string of the molecule is CCOC(=O)c1cc(N)ccc1Nc1ccc(C)c(Cl)c1. The number of anilines is 3. The van der Waals surface area contributed by atoms with E-state index in [9.17, 15) is 4.79 Å². The minimum Gasteiger partial charge on any atom is -0.462 e. The maximum Gasteiger partial charge on any atom is 0.340 e. The Kier molecular flexibility index (Phi) is 4.70. The van der Waals surface area contributed by atoms with Crippen molar-refractivity contribution in [2.75, 3.05) is 17.7 Å². The zero-order chi connectivity index (χ0) is 15.4. The Bertz CT molecular complexity index is 671. The van der Waals surface area contributed by atoms with Gasteiger partial charge in [-0.2, -0.15) is 0 Å². The van der Waals surface area contributed by atoms with Crippen LogP contribution in [0.5, 0.6) is 0 Å². The number of aryl methyl sites for hydroxylation is 1. The van der Waals surface area contributed by atoms with Gasteiger partial charge in [-0.3, -0.25) is 0 Å². The van der Waals surface area contributed by atoms with Gasteiger partial charge < -0.3 is 15.8 Å². The number of hydrogen-bond acceptors (Lipinski definition) is 4. The molecule has 2 rings (SSSR count). The second-order valence-corrected chi connectivity index (χ2v) is 5.02. The molecule has 110 valence electrons. The van der Waals surface area contributed by atoms with Crippen LogP contribution in [0.1, 0.15) is 22.8 Å². The van der Waals surface area contributed by atoms with Gasteiger partial charge in [0, 0.05) is 16.4 Å². The number of nitrogens with one attached hydrogen (secondary N) is 1. The molecule has 0 aromatic heterocycles. The van der Waals surface area contributed by atoms with E-state index in [1.165, 1.54) is 0 Å². The molecular formula is C16H17ClN2O2. The van der Waals surface area contributed by atoms with Crippen LogP contribution in [-0.2, 0) is 4.74 Å². The van der Waals surface area contributed by atoms with Gasteiger partial charge in [0.25, 0.3) is 0 Å². The molecule has 0 unspecified atom stereocenters. The van der Waals surface area contributed by atoms with Crippen LogP contribution in [0, 0.1) is 6.92 Å². The third-order valence-electron chi connectivity index (χ3n) is 2.99. The predicted octanol–water partition coefficient (Wildman–Crippen LogP) is 4.15. The lowest BCUT2D eigenvalue weighted by molar-refractivity contribution is 0.0527. The van der Waals surface area contributed by atoms with Gasteiger partial charge in [0.15, 0.2) is 0 Å². The van der Waals surface area contributed by atoms with Crippen molar-refractivity contribution in [2.45, 2.75) is 13.8 Å².